The molecule has 2 amide bonds. The quantitative estimate of drug-likeness (QED) is 0.428. The van der Waals surface area contributed by atoms with Crippen molar-refractivity contribution in [3.05, 3.63) is 47.4 Å². The molecule has 10 nitrogen and oxygen atoms in total. The van der Waals surface area contributed by atoms with Crippen LogP contribution in [-0.2, 0) is 11.3 Å². The summed E-state index contributed by atoms with van der Waals surface area (Å²) >= 11 is 0. The summed E-state index contributed by atoms with van der Waals surface area (Å²) in [6.45, 7) is 3.51. The second-order valence-corrected chi connectivity index (χ2v) is 8.27. The number of nitrogens with zero attached hydrogens (tertiary/aromatic N) is 3. The van der Waals surface area contributed by atoms with Crippen LogP contribution in [0, 0.1) is 11.3 Å². The average Bonchev–Trinajstić information content (AvgIpc) is 3.44. The molecule has 0 saturated carbocycles. The van der Waals surface area contributed by atoms with E-state index >= 15 is 0 Å². The first-order valence-corrected chi connectivity index (χ1v) is 11.0. The maximum absolute atomic E-state index is 12.9. The summed E-state index contributed by atoms with van der Waals surface area (Å²) in [5.41, 5.74) is 2.47. The largest absolute Gasteiger partial charge is 0.381 e. The molecule has 10 heteroatoms. The first kappa shape index (κ1) is 21.1. The van der Waals surface area contributed by atoms with E-state index in [0.717, 1.165) is 38.0 Å². The second-order valence-electron chi connectivity index (χ2n) is 8.27. The number of nitrogens with one attached hydrogen (secondary N) is 4. The Kier molecular flexibility index (Phi) is 5.74. The number of rotatable bonds is 6. The molecule has 0 spiro atoms. The van der Waals surface area contributed by atoms with Crippen LogP contribution in [0.4, 0.5) is 11.5 Å². The minimum atomic E-state index is -0.382. The Bertz CT molecular complexity index is 1230. The molecule has 1 saturated heterocycles. The Labute approximate surface area is 190 Å². The number of aromatic nitrogens is 3. The van der Waals surface area contributed by atoms with Gasteiger partial charge in [-0.25, -0.2) is 9.97 Å². The topological polar surface area (TPSA) is 134 Å². The Balaban J connectivity index is 1.34. The van der Waals surface area contributed by atoms with Crippen molar-refractivity contribution < 1.29 is 14.3 Å². The predicted molar refractivity (Wildman–Crippen MR) is 124 cm³/mol. The van der Waals surface area contributed by atoms with E-state index in [4.69, 9.17) is 10.1 Å². The van der Waals surface area contributed by atoms with Crippen molar-refractivity contribution in [3.63, 3.8) is 0 Å². The summed E-state index contributed by atoms with van der Waals surface area (Å²) in [6, 6.07) is 6.94. The van der Waals surface area contributed by atoms with Crippen molar-refractivity contribution >= 4 is 40.6 Å². The number of carbonyl (C=O) groups excluding carboxylic acids is 2. The van der Waals surface area contributed by atoms with Gasteiger partial charge in [-0.15, -0.1) is 0 Å². The first-order valence-electron chi connectivity index (χ1n) is 11.0. The highest BCUT2D eigenvalue weighted by atomic mass is 16.5. The number of aryl methyl sites for hydroxylation is 1. The molecule has 1 unspecified atom stereocenters. The number of fused-ring (bicyclic) bond motifs is 3. The summed E-state index contributed by atoms with van der Waals surface area (Å²) in [5, 5.41) is 17.5. The Hall–Kier alpha value is -3.79. The lowest BCUT2D eigenvalue weighted by Crippen LogP contribution is -2.22. The zero-order valence-corrected chi connectivity index (χ0v) is 18.1. The van der Waals surface area contributed by atoms with Gasteiger partial charge in [0.15, 0.2) is 0 Å². The molecule has 2 aliphatic rings. The zero-order valence-electron chi connectivity index (χ0n) is 18.1. The molecule has 170 valence electrons. The van der Waals surface area contributed by atoms with Crippen molar-refractivity contribution in [2.24, 2.45) is 5.92 Å². The van der Waals surface area contributed by atoms with E-state index in [1.807, 2.05) is 4.57 Å². The van der Waals surface area contributed by atoms with E-state index in [9.17, 15) is 9.59 Å². The predicted octanol–water partition coefficient (Wildman–Crippen LogP) is 2.26. The van der Waals surface area contributed by atoms with Gasteiger partial charge in [0.2, 0.25) is 0 Å². The van der Waals surface area contributed by atoms with Gasteiger partial charge < -0.3 is 30.7 Å². The third-order valence-electron chi connectivity index (χ3n) is 5.97. The van der Waals surface area contributed by atoms with Crippen LogP contribution in [0.3, 0.4) is 0 Å². The lowest BCUT2D eigenvalue weighted by Gasteiger charge is -2.13. The molecule has 3 aromatic rings. The van der Waals surface area contributed by atoms with Gasteiger partial charge in [0.05, 0.1) is 18.5 Å². The Morgan fingerprint density at radius 2 is 2.27 bits per heavy atom. The fraction of sp³-hybridized carbons (Fsp3) is 0.348. The molecule has 5 rings (SSSR count). The zero-order chi connectivity index (χ0) is 22.8. The van der Waals surface area contributed by atoms with Crippen molar-refractivity contribution in [2.75, 3.05) is 36.9 Å². The monoisotopic (exact) mass is 447 g/mol. The molecule has 0 radical (unpaired) electrons. The van der Waals surface area contributed by atoms with E-state index in [-0.39, 0.29) is 17.5 Å². The molecule has 3 aromatic heterocycles. The molecular formula is C23H25N7O3. The van der Waals surface area contributed by atoms with E-state index in [1.165, 1.54) is 6.21 Å². The van der Waals surface area contributed by atoms with E-state index in [0.29, 0.717) is 47.4 Å². The first-order chi connectivity index (χ1) is 16.1. The van der Waals surface area contributed by atoms with Crippen LogP contribution in [0.2, 0.25) is 0 Å². The van der Waals surface area contributed by atoms with Crippen LogP contribution in [0.1, 0.15) is 39.4 Å². The van der Waals surface area contributed by atoms with Gasteiger partial charge in [-0.1, -0.05) is 0 Å². The summed E-state index contributed by atoms with van der Waals surface area (Å²) in [6.07, 6.45) is 4.58. The lowest BCUT2D eigenvalue weighted by atomic mass is 10.1. The third-order valence-corrected chi connectivity index (χ3v) is 5.97. The van der Waals surface area contributed by atoms with Crippen molar-refractivity contribution in [3.8, 4) is 0 Å². The molecule has 1 fully saturated rings. The number of carbonyl (C=O) groups is 2. The molecule has 2 aliphatic heterocycles. The van der Waals surface area contributed by atoms with Gasteiger partial charge >= 0.3 is 0 Å². The molecule has 5 heterocycles. The number of pyridine rings is 2. The van der Waals surface area contributed by atoms with Crippen LogP contribution in [0.15, 0.2) is 30.5 Å². The molecule has 4 N–H and O–H groups in total. The van der Waals surface area contributed by atoms with Gasteiger partial charge in [-0.05, 0) is 37.1 Å². The van der Waals surface area contributed by atoms with Crippen molar-refractivity contribution in [1.82, 2.24) is 19.9 Å². The summed E-state index contributed by atoms with van der Waals surface area (Å²) in [4.78, 5) is 34.1. The van der Waals surface area contributed by atoms with Gasteiger partial charge in [0.25, 0.3) is 11.8 Å². The molecule has 1 atom stereocenters. The summed E-state index contributed by atoms with van der Waals surface area (Å²) in [5.74, 6) is 0.521. The van der Waals surface area contributed by atoms with Crippen molar-refractivity contribution in [2.45, 2.75) is 19.4 Å². The number of hydrogen-bond donors (Lipinski definition) is 4. The SMILES string of the molecule is N=Cc1cc(NC(=O)c2ccc3cc4n(c3n2)CCCNC4=O)cnc1NCC1CCOC1. The third kappa shape index (κ3) is 4.29. The van der Waals surface area contributed by atoms with Crippen LogP contribution < -0.4 is 16.0 Å². The van der Waals surface area contributed by atoms with Crippen LogP contribution in [0.25, 0.3) is 11.0 Å². The second kappa shape index (κ2) is 8.99. The average molecular weight is 447 g/mol. The van der Waals surface area contributed by atoms with Crippen molar-refractivity contribution in [1.29, 1.82) is 5.41 Å². The smallest absolute Gasteiger partial charge is 0.274 e. The lowest BCUT2D eigenvalue weighted by molar-refractivity contribution is 0.0950. The molecule has 0 aromatic carbocycles. The summed E-state index contributed by atoms with van der Waals surface area (Å²) < 4.78 is 7.25. The molecular weight excluding hydrogens is 422 g/mol. The maximum atomic E-state index is 12.9. The Morgan fingerprint density at radius 1 is 1.36 bits per heavy atom. The number of ether oxygens (including phenoxy) is 1. The van der Waals surface area contributed by atoms with Crippen LogP contribution >= 0.6 is 0 Å². The standard InChI is InChI=1S/C23H25N7O3/c24-10-16-8-17(12-27-20(16)26-11-14-4-7-33-13-14)28-22(31)18-3-2-15-9-19-23(32)25-5-1-6-30(19)21(15)29-18/h2-3,8-10,12,14,24H,1,4-7,11,13H2,(H,25,32)(H,26,27)(H,28,31). The van der Waals surface area contributed by atoms with Crippen LogP contribution in [0.5, 0.6) is 0 Å². The van der Waals surface area contributed by atoms with Crippen LogP contribution in [-0.4, -0.2) is 58.9 Å². The minimum absolute atomic E-state index is 0.129. The van der Waals surface area contributed by atoms with Gasteiger partial charge in [0.1, 0.15) is 22.9 Å². The highest BCUT2D eigenvalue weighted by Gasteiger charge is 2.20. The summed E-state index contributed by atoms with van der Waals surface area (Å²) in [7, 11) is 0. The van der Waals surface area contributed by atoms with E-state index < -0.39 is 0 Å². The maximum Gasteiger partial charge on any atom is 0.274 e. The van der Waals surface area contributed by atoms with Gasteiger partial charge in [-0.3, -0.25) is 9.59 Å². The van der Waals surface area contributed by atoms with E-state index in [1.54, 1.807) is 30.5 Å². The number of hydrogen-bond acceptors (Lipinski definition) is 7. The van der Waals surface area contributed by atoms with E-state index in [2.05, 4.69) is 25.9 Å². The number of amides is 2. The van der Waals surface area contributed by atoms with Gasteiger partial charge in [-0.2, -0.15) is 0 Å². The molecule has 0 bridgehead atoms. The fourth-order valence-electron chi connectivity index (χ4n) is 4.19. The Morgan fingerprint density at radius 3 is 3.09 bits per heavy atom. The normalized spacial score (nSPS) is 17.8. The number of anilines is 2. The minimum Gasteiger partial charge on any atom is -0.381 e. The van der Waals surface area contributed by atoms with Gasteiger partial charge in [0, 0.05) is 49.3 Å². The highest BCUT2D eigenvalue weighted by Crippen LogP contribution is 2.22. The molecule has 33 heavy (non-hydrogen) atoms. The highest BCUT2D eigenvalue weighted by molar-refractivity contribution is 6.05. The molecule has 0 aliphatic carbocycles. The fourth-order valence-corrected chi connectivity index (χ4v) is 4.19.